The van der Waals surface area contributed by atoms with Gasteiger partial charge >= 0.3 is 0 Å². The maximum atomic E-state index is 2.39. The van der Waals surface area contributed by atoms with Crippen molar-refractivity contribution in [2.75, 3.05) is 0 Å². The van der Waals surface area contributed by atoms with E-state index in [0.717, 1.165) is 17.8 Å². The van der Waals surface area contributed by atoms with Gasteiger partial charge in [0.1, 0.15) is 0 Å². The highest BCUT2D eigenvalue weighted by atomic mass is 14.2. The molecule has 0 heterocycles. The van der Waals surface area contributed by atoms with Crippen molar-refractivity contribution >= 4 is 0 Å². The van der Waals surface area contributed by atoms with E-state index >= 15 is 0 Å². The van der Waals surface area contributed by atoms with E-state index in [2.05, 4.69) is 58.0 Å². The summed E-state index contributed by atoms with van der Waals surface area (Å²) in [6, 6.07) is 10.9. The number of rotatable bonds is 5. The summed E-state index contributed by atoms with van der Waals surface area (Å²) in [6.07, 6.45) is 2.57. The van der Waals surface area contributed by atoms with Gasteiger partial charge in [-0.15, -0.1) is 0 Å². The van der Waals surface area contributed by atoms with Crippen molar-refractivity contribution in [1.82, 2.24) is 0 Å². The van der Waals surface area contributed by atoms with E-state index in [4.69, 9.17) is 0 Å². The number of benzene rings is 1. The summed E-state index contributed by atoms with van der Waals surface area (Å²) in [5.41, 5.74) is 1.51. The van der Waals surface area contributed by atoms with E-state index in [1.807, 2.05) is 0 Å². The topological polar surface area (TPSA) is 0 Å². The normalized spacial score (nSPS) is 15.3. The van der Waals surface area contributed by atoms with Crippen LogP contribution in [0.25, 0.3) is 0 Å². The molecule has 1 aromatic rings. The zero-order chi connectivity index (χ0) is 11.3. The minimum atomic E-state index is 0.730. The third kappa shape index (κ3) is 3.70. The summed E-state index contributed by atoms with van der Waals surface area (Å²) < 4.78 is 0. The third-order valence-corrected chi connectivity index (χ3v) is 3.20. The maximum absolute atomic E-state index is 2.39. The van der Waals surface area contributed by atoms with Crippen molar-refractivity contribution in [2.24, 2.45) is 11.8 Å². The van der Waals surface area contributed by atoms with Gasteiger partial charge in [-0.25, -0.2) is 0 Å². The zero-order valence-corrected chi connectivity index (χ0v) is 10.5. The van der Waals surface area contributed by atoms with E-state index in [1.165, 1.54) is 18.4 Å². The van der Waals surface area contributed by atoms with Gasteiger partial charge in [0.05, 0.1) is 0 Å². The van der Waals surface area contributed by atoms with Crippen LogP contribution in [-0.2, 0) is 0 Å². The van der Waals surface area contributed by atoms with Crippen LogP contribution in [0.2, 0.25) is 0 Å². The molecule has 0 radical (unpaired) electrons. The highest BCUT2D eigenvalue weighted by Gasteiger charge is 2.17. The highest BCUT2D eigenvalue weighted by molar-refractivity contribution is 5.19. The molecule has 0 spiro atoms. The van der Waals surface area contributed by atoms with E-state index < -0.39 is 0 Å². The molecular formula is C15H24. The first-order valence-electron chi connectivity index (χ1n) is 6.20. The standard InChI is InChI=1S/C15H24/c1-5-15(13(4)11-12(2)3)14-9-7-6-8-10-14/h6-10,12-13,15H,5,11H2,1-4H3. The van der Waals surface area contributed by atoms with Crippen LogP contribution in [0.15, 0.2) is 30.3 Å². The van der Waals surface area contributed by atoms with Gasteiger partial charge in [0.15, 0.2) is 0 Å². The molecule has 0 fully saturated rings. The van der Waals surface area contributed by atoms with Gasteiger partial charge < -0.3 is 0 Å². The van der Waals surface area contributed by atoms with Crippen molar-refractivity contribution in [3.05, 3.63) is 35.9 Å². The molecule has 0 saturated heterocycles. The summed E-state index contributed by atoms with van der Waals surface area (Å²) in [4.78, 5) is 0. The second kappa shape index (κ2) is 5.95. The molecule has 15 heavy (non-hydrogen) atoms. The Labute approximate surface area is 94.7 Å². The molecule has 0 N–H and O–H groups in total. The van der Waals surface area contributed by atoms with E-state index in [-0.39, 0.29) is 0 Å². The average Bonchev–Trinajstić information content (AvgIpc) is 2.19. The van der Waals surface area contributed by atoms with E-state index in [1.54, 1.807) is 0 Å². The lowest BCUT2D eigenvalue weighted by molar-refractivity contribution is 0.366. The van der Waals surface area contributed by atoms with Crippen LogP contribution >= 0.6 is 0 Å². The second-order valence-electron chi connectivity index (χ2n) is 5.03. The molecule has 0 saturated carbocycles. The molecule has 0 aliphatic carbocycles. The van der Waals surface area contributed by atoms with Crippen molar-refractivity contribution in [2.45, 2.75) is 46.5 Å². The Morgan fingerprint density at radius 3 is 2.07 bits per heavy atom. The third-order valence-electron chi connectivity index (χ3n) is 3.20. The summed E-state index contributed by atoms with van der Waals surface area (Å²) in [5, 5.41) is 0. The van der Waals surface area contributed by atoms with Gasteiger partial charge in [-0.3, -0.25) is 0 Å². The quantitative estimate of drug-likeness (QED) is 0.642. The van der Waals surface area contributed by atoms with Crippen LogP contribution in [0, 0.1) is 11.8 Å². The zero-order valence-electron chi connectivity index (χ0n) is 10.5. The SMILES string of the molecule is CCC(c1ccccc1)C(C)CC(C)C. The molecule has 0 heteroatoms. The highest BCUT2D eigenvalue weighted by Crippen LogP contribution is 2.31. The Hall–Kier alpha value is -0.780. The minimum absolute atomic E-state index is 0.730. The molecule has 0 nitrogen and oxygen atoms in total. The first kappa shape index (κ1) is 12.3. The summed E-state index contributed by atoms with van der Waals surface area (Å²) >= 11 is 0. The summed E-state index contributed by atoms with van der Waals surface area (Å²) in [5.74, 6) is 2.32. The Morgan fingerprint density at radius 1 is 1.00 bits per heavy atom. The fraction of sp³-hybridized carbons (Fsp3) is 0.600. The molecule has 2 unspecified atom stereocenters. The fourth-order valence-corrected chi connectivity index (χ4v) is 2.57. The van der Waals surface area contributed by atoms with E-state index in [0.29, 0.717) is 0 Å². The first-order chi connectivity index (χ1) is 7.15. The Balaban J connectivity index is 2.71. The van der Waals surface area contributed by atoms with Gasteiger partial charge in [0.2, 0.25) is 0 Å². The summed E-state index contributed by atoms with van der Waals surface area (Å²) in [6.45, 7) is 9.32. The molecule has 0 aliphatic heterocycles. The predicted octanol–water partition coefficient (Wildman–Crippen LogP) is 4.86. The Bertz CT molecular complexity index is 261. The molecule has 1 aromatic carbocycles. The lowest BCUT2D eigenvalue weighted by atomic mass is 9.81. The van der Waals surface area contributed by atoms with Crippen LogP contribution in [0.3, 0.4) is 0 Å². The van der Waals surface area contributed by atoms with Crippen LogP contribution in [0.4, 0.5) is 0 Å². The first-order valence-corrected chi connectivity index (χ1v) is 6.20. The lowest BCUT2D eigenvalue weighted by Crippen LogP contribution is -2.11. The minimum Gasteiger partial charge on any atom is -0.0648 e. The lowest BCUT2D eigenvalue weighted by Gasteiger charge is -2.24. The molecular weight excluding hydrogens is 180 g/mol. The van der Waals surface area contributed by atoms with Gasteiger partial charge in [-0.2, -0.15) is 0 Å². The molecule has 1 rings (SSSR count). The van der Waals surface area contributed by atoms with Crippen LogP contribution in [-0.4, -0.2) is 0 Å². The summed E-state index contributed by atoms with van der Waals surface area (Å²) in [7, 11) is 0. The molecule has 0 aromatic heterocycles. The van der Waals surface area contributed by atoms with Crippen LogP contribution < -0.4 is 0 Å². The predicted molar refractivity (Wildman–Crippen MR) is 68.1 cm³/mol. The molecule has 0 bridgehead atoms. The van der Waals surface area contributed by atoms with Crippen molar-refractivity contribution < 1.29 is 0 Å². The monoisotopic (exact) mass is 204 g/mol. The Morgan fingerprint density at radius 2 is 1.60 bits per heavy atom. The van der Waals surface area contributed by atoms with E-state index in [9.17, 15) is 0 Å². The van der Waals surface area contributed by atoms with Gasteiger partial charge in [0.25, 0.3) is 0 Å². The van der Waals surface area contributed by atoms with Gasteiger partial charge in [-0.05, 0) is 36.2 Å². The number of hydrogen-bond acceptors (Lipinski definition) is 0. The van der Waals surface area contributed by atoms with Crippen molar-refractivity contribution in [3.8, 4) is 0 Å². The molecule has 84 valence electrons. The Kier molecular flexibility index (Phi) is 4.87. The van der Waals surface area contributed by atoms with Crippen molar-refractivity contribution in [1.29, 1.82) is 0 Å². The van der Waals surface area contributed by atoms with Gasteiger partial charge in [-0.1, -0.05) is 58.0 Å². The van der Waals surface area contributed by atoms with Crippen LogP contribution in [0.5, 0.6) is 0 Å². The van der Waals surface area contributed by atoms with Crippen LogP contribution in [0.1, 0.15) is 52.0 Å². The maximum Gasteiger partial charge on any atom is -0.0139 e. The molecule has 2 atom stereocenters. The fourth-order valence-electron chi connectivity index (χ4n) is 2.57. The second-order valence-corrected chi connectivity index (χ2v) is 5.03. The van der Waals surface area contributed by atoms with Gasteiger partial charge in [0, 0.05) is 0 Å². The average molecular weight is 204 g/mol. The van der Waals surface area contributed by atoms with Crippen molar-refractivity contribution in [3.63, 3.8) is 0 Å². The largest absolute Gasteiger partial charge is 0.0648 e. The molecule has 0 aliphatic rings. The number of hydrogen-bond donors (Lipinski definition) is 0. The smallest absolute Gasteiger partial charge is 0.0139 e. The molecule has 0 amide bonds.